The zero-order valence-electron chi connectivity index (χ0n) is 8.60. The number of amides is 1. The van der Waals surface area contributed by atoms with Crippen molar-refractivity contribution >= 4 is 5.91 Å². The molecule has 0 radical (unpaired) electrons. The molecule has 1 aliphatic heterocycles. The smallest absolute Gasteiger partial charge is 0.253 e. The molecule has 1 aliphatic rings. The molecule has 1 heterocycles. The SMILES string of the molecule is O=C(c1ccccc1)N1CC[C@H](CO)C1. The Balaban J connectivity index is 2.04. The molecule has 2 rings (SSSR count). The fraction of sp³-hybridized carbons (Fsp3) is 0.417. The van der Waals surface area contributed by atoms with Crippen molar-refractivity contribution in [3.63, 3.8) is 0 Å². The first kappa shape index (κ1) is 10.2. The van der Waals surface area contributed by atoms with E-state index in [0.29, 0.717) is 6.54 Å². The molecule has 1 aromatic carbocycles. The number of carbonyl (C=O) groups excluding carboxylic acids is 1. The molecule has 15 heavy (non-hydrogen) atoms. The lowest BCUT2D eigenvalue weighted by atomic mass is 10.1. The van der Waals surface area contributed by atoms with Crippen LogP contribution >= 0.6 is 0 Å². The van der Waals surface area contributed by atoms with Gasteiger partial charge in [0.15, 0.2) is 0 Å². The van der Waals surface area contributed by atoms with Gasteiger partial charge in [0.2, 0.25) is 0 Å². The van der Waals surface area contributed by atoms with Gasteiger partial charge in [0.05, 0.1) is 0 Å². The highest BCUT2D eigenvalue weighted by atomic mass is 16.3. The molecule has 0 unspecified atom stereocenters. The maximum Gasteiger partial charge on any atom is 0.253 e. The summed E-state index contributed by atoms with van der Waals surface area (Å²) in [5, 5.41) is 9.00. The summed E-state index contributed by atoms with van der Waals surface area (Å²) in [4.78, 5) is 13.8. The number of likely N-dealkylation sites (tertiary alicyclic amines) is 1. The molecular formula is C12H15NO2. The van der Waals surface area contributed by atoms with E-state index in [2.05, 4.69) is 0 Å². The highest BCUT2D eigenvalue weighted by molar-refractivity contribution is 5.94. The van der Waals surface area contributed by atoms with Crippen molar-refractivity contribution < 1.29 is 9.90 Å². The molecule has 1 atom stereocenters. The van der Waals surface area contributed by atoms with Crippen molar-refractivity contribution in [2.24, 2.45) is 5.92 Å². The van der Waals surface area contributed by atoms with E-state index >= 15 is 0 Å². The molecule has 1 amide bonds. The van der Waals surface area contributed by atoms with Gasteiger partial charge in [0.1, 0.15) is 0 Å². The number of hydrogen-bond acceptors (Lipinski definition) is 2. The summed E-state index contributed by atoms with van der Waals surface area (Å²) in [6.07, 6.45) is 0.912. The molecule has 0 spiro atoms. The van der Waals surface area contributed by atoms with E-state index in [1.54, 1.807) is 0 Å². The van der Waals surface area contributed by atoms with Gasteiger partial charge in [-0.15, -0.1) is 0 Å². The summed E-state index contributed by atoms with van der Waals surface area (Å²) in [7, 11) is 0. The molecule has 3 heteroatoms. The molecular weight excluding hydrogens is 190 g/mol. The van der Waals surface area contributed by atoms with Crippen LogP contribution in [0.25, 0.3) is 0 Å². The second kappa shape index (κ2) is 4.45. The average molecular weight is 205 g/mol. The Morgan fingerprint density at radius 2 is 2.13 bits per heavy atom. The molecule has 80 valence electrons. The molecule has 1 aromatic rings. The molecule has 0 aliphatic carbocycles. The predicted molar refractivity (Wildman–Crippen MR) is 57.5 cm³/mol. The number of hydrogen-bond donors (Lipinski definition) is 1. The Morgan fingerprint density at radius 3 is 2.73 bits per heavy atom. The largest absolute Gasteiger partial charge is 0.396 e. The highest BCUT2D eigenvalue weighted by Gasteiger charge is 2.25. The fourth-order valence-electron chi connectivity index (χ4n) is 1.93. The highest BCUT2D eigenvalue weighted by Crippen LogP contribution is 2.17. The number of carbonyl (C=O) groups is 1. The van der Waals surface area contributed by atoms with E-state index in [-0.39, 0.29) is 18.4 Å². The molecule has 1 fully saturated rings. The van der Waals surface area contributed by atoms with Crippen molar-refractivity contribution in [1.82, 2.24) is 4.90 Å². The zero-order chi connectivity index (χ0) is 10.7. The third kappa shape index (κ3) is 2.18. The summed E-state index contributed by atoms with van der Waals surface area (Å²) in [6, 6.07) is 9.29. The molecule has 1 saturated heterocycles. The van der Waals surface area contributed by atoms with E-state index in [9.17, 15) is 4.79 Å². The number of nitrogens with zero attached hydrogens (tertiary/aromatic N) is 1. The first-order valence-corrected chi connectivity index (χ1v) is 5.26. The molecule has 0 saturated carbocycles. The van der Waals surface area contributed by atoms with Crippen LogP contribution in [0, 0.1) is 5.92 Å². The van der Waals surface area contributed by atoms with Gasteiger partial charge in [-0.3, -0.25) is 4.79 Å². The van der Waals surface area contributed by atoms with Crippen LogP contribution in [0.3, 0.4) is 0 Å². The lowest BCUT2D eigenvalue weighted by Crippen LogP contribution is -2.29. The summed E-state index contributed by atoms with van der Waals surface area (Å²) >= 11 is 0. The first-order valence-electron chi connectivity index (χ1n) is 5.26. The summed E-state index contributed by atoms with van der Waals surface area (Å²) < 4.78 is 0. The molecule has 0 aromatic heterocycles. The lowest BCUT2D eigenvalue weighted by molar-refractivity contribution is 0.0782. The molecule has 3 nitrogen and oxygen atoms in total. The zero-order valence-corrected chi connectivity index (χ0v) is 8.60. The van der Waals surface area contributed by atoms with Gasteiger partial charge in [-0.2, -0.15) is 0 Å². The van der Waals surface area contributed by atoms with Crippen molar-refractivity contribution in [1.29, 1.82) is 0 Å². The Labute approximate surface area is 89.3 Å². The quantitative estimate of drug-likeness (QED) is 0.786. The van der Waals surface area contributed by atoms with Gasteiger partial charge in [0, 0.05) is 31.2 Å². The van der Waals surface area contributed by atoms with Crippen LogP contribution < -0.4 is 0 Å². The van der Waals surface area contributed by atoms with Crippen molar-refractivity contribution in [2.45, 2.75) is 6.42 Å². The van der Waals surface area contributed by atoms with Crippen molar-refractivity contribution in [2.75, 3.05) is 19.7 Å². The fourth-order valence-corrected chi connectivity index (χ4v) is 1.93. The van der Waals surface area contributed by atoms with E-state index < -0.39 is 0 Å². The van der Waals surface area contributed by atoms with Gasteiger partial charge in [0.25, 0.3) is 5.91 Å². The summed E-state index contributed by atoms with van der Waals surface area (Å²) in [5.74, 6) is 0.337. The predicted octanol–water partition coefficient (Wildman–Crippen LogP) is 1.14. The number of benzene rings is 1. The second-order valence-electron chi connectivity index (χ2n) is 3.95. The first-order chi connectivity index (χ1) is 7.31. The van der Waals surface area contributed by atoms with Crippen LogP contribution in [0.15, 0.2) is 30.3 Å². The van der Waals surface area contributed by atoms with Crippen molar-refractivity contribution in [3.8, 4) is 0 Å². The Hall–Kier alpha value is -1.35. The van der Waals surface area contributed by atoms with E-state index in [1.165, 1.54) is 0 Å². The van der Waals surface area contributed by atoms with Crippen LogP contribution in [0.2, 0.25) is 0 Å². The monoisotopic (exact) mass is 205 g/mol. The van der Waals surface area contributed by atoms with E-state index in [4.69, 9.17) is 5.11 Å². The van der Waals surface area contributed by atoms with E-state index in [1.807, 2.05) is 35.2 Å². The minimum atomic E-state index is 0.0755. The number of aliphatic hydroxyl groups is 1. The van der Waals surface area contributed by atoms with Crippen molar-refractivity contribution in [3.05, 3.63) is 35.9 Å². The molecule has 1 N–H and O–H groups in total. The maximum absolute atomic E-state index is 12.0. The summed E-state index contributed by atoms with van der Waals surface area (Å²) in [5.41, 5.74) is 0.732. The topological polar surface area (TPSA) is 40.5 Å². The third-order valence-electron chi connectivity index (χ3n) is 2.85. The summed E-state index contributed by atoms with van der Waals surface area (Å²) in [6.45, 7) is 1.63. The van der Waals surface area contributed by atoms with Gasteiger partial charge < -0.3 is 10.0 Å². The van der Waals surface area contributed by atoms with Crippen LogP contribution in [0.4, 0.5) is 0 Å². The normalized spacial score (nSPS) is 20.6. The van der Waals surface area contributed by atoms with E-state index in [0.717, 1.165) is 18.5 Å². The lowest BCUT2D eigenvalue weighted by Gasteiger charge is -2.15. The van der Waals surface area contributed by atoms with Crippen LogP contribution in [-0.2, 0) is 0 Å². The van der Waals surface area contributed by atoms with Gasteiger partial charge in [-0.25, -0.2) is 0 Å². The Bertz CT molecular complexity index is 337. The Kier molecular flexibility index (Phi) is 3.02. The standard InChI is InChI=1S/C12H15NO2/c14-9-10-6-7-13(8-10)12(15)11-4-2-1-3-5-11/h1-5,10,14H,6-9H2/t10-/m0/s1. The molecule has 0 bridgehead atoms. The minimum absolute atomic E-state index is 0.0755. The number of aliphatic hydroxyl groups excluding tert-OH is 1. The van der Waals surface area contributed by atoms with Gasteiger partial charge in [-0.1, -0.05) is 18.2 Å². The van der Waals surface area contributed by atoms with Gasteiger partial charge >= 0.3 is 0 Å². The number of rotatable bonds is 2. The van der Waals surface area contributed by atoms with Crippen LogP contribution in [0.5, 0.6) is 0 Å². The second-order valence-corrected chi connectivity index (χ2v) is 3.95. The minimum Gasteiger partial charge on any atom is -0.396 e. The van der Waals surface area contributed by atoms with Crippen LogP contribution in [-0.4, -0.2) is 35.6 Å². The third-order valence-corrected chi connectivity index (χ3v) is 2.85. The maximum atomic E-state index is 12.0. The van der Waals surface area contributed by atoms with Gasteiger partial charge in [-0.05, 0) is 18.6 Å². The average Bonchev–Trinajstić information content (AvgIpc) is 2.78. The Morgan fingerprint density at radius 1 is 1.40 bits per heavy atom. The van der Waals surface area contributed by atoms with Crippen LogP contribution in [0.1, 0.15) is 16.8 Å².